The number of furan rings is 1. The van der Waals surface area contributed by atoms with Gasteiger partial charge in [-0.3, -0.25) is 0 Å². The molecular weight excluding hydrogens is 835 g/mol. The molecule has 0 amide bonds. The molecule has 0 spiro atoms. The third-order valence-electron chi connectivity index (χ3n) is 14.2. The Bertz CT molecular complexity index is 3760. The van der Waals surface area contributed by atoms with E-state index in [0.29, 0.717) is 0 Å². The van der Waals surface area contributed by atoms with Gasteiger partial charge in [-0.25, -0.2) is 0 Å². The fourth-order valence-electron chi connectivity index (χ4n) is 11.1. The summed E-state index contributed by atoms with van der Waals surface area (Å²) in [6.07, 6.45) is 0. The quantitative estimate of drug-likeness (QED) is 0.144. The lowest BCUT2D eigenvalue weighted by Gasteiger charge is -2.34. The second kappa shape index (κ2) is 16.7. The Kier molecular flexibility index (Phi) is 9.77. The molecule has 2 heteroatoms. The molecule has 0 N–H and O–H groups in total. The van der Waals surface area contributed by atoms with Gasteiger partial charge in [-0.2, -0.15) is 0 Å². The summed E-state index contributed by atoms with van der Waals surface area (Å²) >= 11 is 0. The third-order valence-corrected chi connectivity index (χ3v) is 14.2. The van der Waals surface area contributed by atoms with Crippen molar-refractivity contribution in [2.45, 2.75) is 5.41 Å². The zero-order chi connectivity index (χ0) is 45.7. The second-order valence-electron chi connectivity index (χ2n) is 17.9. The molecule has 0 aliphatic heterocycles. The van der Waals surface area contributed by atoms with Crippen molar-refractivity contribution in [1.82, 2.24) is 0 Å². The molecule has 0 fully saturated rings. The predicted octanol–water partition coefficient (Wildman–Crippen LogP) is 18.1. The summed E-state index contributed by atoms with van der Waals surface area (Å²) in [6.45, 7) is 0. The maximum Gasteiger partial charge on any atom is 0.143 e. The lowest BCUT2D eigenvalue weighted by Crippen LogP contribution is -2.28. The van der Waals surface area contributed by atoms with Gasteiger partial charge in [0.2, 0.25) is 0 Å². The van der Waals surface area contributed by atoms with Crippen molar-refractivity contribution in [3.63, 3.8) is 0 Å². The smallest absolute Gasteiger partial charge is 0.143 e. The van der Waals surface area contributed by atoms with Crippen molar-refractivity contribution < 1.29 is 4.42 Å². The average molecular weight is 880 g/mol. The highest BCUT2D eigenvalue weighted by atomic mass is 16.3. The number of benzene rings is 11. The molecule has 1 aliphatic carbocycles. The predicted molar refractivity (Wildman–Crippen MR) is 287 cm³/mol. The second-order valence-corrected chi connectivity index (χ2v) is 17.9. The summed E-state index contributed by atoms with van der Waals surface area (Å²) in [7, 11) is 0. The number of hydrogen-bond acceptors (Lipinski definition) is 2. The number of nitrogens with zero attached hydrogens (tertiary/aromatic N) is 1. The van der Waals surface area contributed by atoms with Crippen LogP contribution in [0.5, 0.6) is 0 Å². The van der Waals surface area contributed by atoms with Gasteiger partial charge in [-0.15, -0.1) is 0 Å². The molecule has 1 heterocycles. The van der Waals surface area contributed by atoms with E-state index in [2.05, 4.69) is 266 Å². The first-order valence-electron chi connectivity index (χ1n) is 23.7. The maximum atomic E-state index is 6.52. The van der Waals surface area contributed by atoms with Crippen LogP contribution in [-0.4, -0.2) is 0 Å². The van der Waals surface area contributed by atoms with E-state index in [-0.39, 0.29) is 0 Å². The zero-order valence-corrected chi connectivity index (χ0v) is 37.8. The van der Waals surface area contributed by atoms with Crippen molar-refractivity contribution in [1.29, 1.82) is 0 Å². The lowest BCUT2D eigenvalue weighted by atomic mass is 9.67. The molecule has 0 radical (unpaired) electrons. The highest BCUT2D eigenvalue weighted by Crippen LogP contribution is 2.59. The Morgan fingerprint density at radius 2 is 0.739 bits per heavy atom. The monoisotopic (exact) mass is 879 g/mol. The van der Waals surface area contributed by atoms with Crippen LogP contribution >= 0.6 is 0 Å². The summed E-state index contributed by atoms with van der Waals surface area (Å²) in [6, 6.07) is 99.2. The first-order valence-corrected chi connectivity index (χ1v) is 23.7. The molecule has 0 atom stereocenters. The van der Waals surface area contributed by atoms with Gasteiger partial charge in [-0.1, -0.05) is 237 Å². The molecular formula is C67H45NO. The van der Waals surface area contributed by atoms with Gasteiger partial charge in [0, 0.05) is 33.3 Å². The van der Waals surface area contributed by atoms with Crippen LogP contribution < -0.4 is 4.90 Å². The normalized spacial score (nSPS) is 12.5. The van der Waals surface area contributed by atoms with Crippen LogP contribution in [0.25, 0.3) is 77.6 Å². The molecule has 13 rings (SSSR count). The average Bonchev–Trinajstić information content (AvgIpc) is 3.97. The summed E-state index contributed by atoms with van der Waals surface area (Å²) in [5.41, 5.74) is 21.4. The largest absolute Gasteiger partial charge is 0.455 e. The molecule has 324 valence electrons. The van der Waals surface area contributed by atoms with E-state index in [9.17, 15) is 0 Å². The van der Waals surface area contributed by atoms with Gasteiger partial charge < -0.3 is 9.32 Å². The van der Waals surface area contributed by atoms with Crippen LogP contribution in [0.2, 0.25) is 0 Å². The molecule has 1 aromatic heterocycles. The summed E-state index contributed by atoms with van der Waals surface area (Å²) in [4.78, 5) is 2.42. The van der Waals surface area contributed by atoms with Gasteiger partial charge in [0.15, 0.2) is 0 Å². The molecule has 1 aliphatic rings. The first-order chi connectivity index (χ1) is 34.2. The minimum absolute atomic E-state index is 0.507. The summed E-state index contributed by atoms with van der Waals surface area (Å²) < 4.78 is 6.52. The highest BCUT2D eigenvalue weighted by Gasteiger charge is 2.47. The molecule has 12 aromatic rings. The van der Waals surface area contributed by atoms with Crippen LogP contribution in [0.15, 0.2) is 277 Å². The van der Waals surface area contributed by atoms with Crippen molar-refractivity contribution in [2.75, 3.05) is 4.90 Å². The lowest BCUT2D eigenvalue weighted by molar-refractivity contribution is 0.670. The molecule has 2 nitrogen and oxygen atoms in total. The molecule has 0 bridgehead atoms. The van der Waals surface area contributed by atoms with Gasteiger partial charge in [0.1, 0.15) is 11.2 Å². The molecule has 11 aromatic carbocycles. The van der Waals surface area contributed by atoms with Crippen LogP contribution in [-0.2, 0) is 5.41 Å². The Morgan fingerprint density at radius 1 is 0.290 bits per heavy atom. The summed E-state index contributed by atoms with van der Waals surface area (Å²) in [5.74, 6) is 0. The fraction of sp³-hybridized carbons (Fsp3) is 0.0149. The van der Waals surface area contributed by atoms with Crippen LogP contribution in [0, 0.1) is 0 Å². The molecule has 0 saturated carbocycles. The number of fused-ring (bicyclic) bond motifs is 6. The number of rotatable bonds is 9. The van der Waals surface area contributed by atoms with E-state index in [4.69, 9.17) is 4.42 Å². The van der Waals surface area contributed by atoms with Crippen molar-refractivity contribution in [2.24, 2.45) is 0 Å². The van der Waals surface area contributed by atoms with E-state index in [1.165, 1.54) is 55.6 Å². The maximum absolute atomic E-state index is 6.52. The Hall–Kier alpha value is -8.98. The van der Waals surface area contributed by atoms with Crippen molar-refractivity contribution in [3.8, 4) is 55.6 Å². The van der Waals surface area contributed by atoms with E-state index < -0.39 is 5.41 Å². The van der Waals surface area contributed by atoms with Gasteiger partial charge >= 0.3 is 0 Å². The highest BCUT2D eigenvalue weighted by molar-refractivity contribution is 6.09. The number of hydrogen-bond donors (Lipinski definition) is 0. The Morgan fingerprint density at radius 3 is 1.41 bits per heavy atom. The standard InChI is InChI=1S/C67H45NO/c1-4-18-46(19-5-1)47-34-36-48(37-35-47)49-38-42-53(43-39-49)68(54-44-40-50(41-45-54)55-27-16-29-59-57-25-12-15-33-64(57)69-66(55)59)63-32-14-11-24-56(63)58-28-17-31-62-65(58)60-26-10-13-30-61(60)67(62,51-20-6-2-7-21-51)52-22-8-3-9-23-52/h1-45H. The van der Waals surface area contributed by atoms with Crippen molar-refractivity contribution >= 4 is 39.0 Å². The Balaban J connectivity index is 0.978. The van der Waals surface area contributed by atoms with Crippen molar-refractivity contribution in [3.05, 3.63) is 295 Å². The minimum atomic E-state index is -0.507. The number of para-hydroxylation sites is 3. The molecule has 0 saturated heterocycles. The van der Waals surface area contributed by atoms with Gasteiger partial charge in [0.25, 0.3) is 0 Å². The van der Waals surface area contributed by atoms with Gasteiger partial charge in [0.05, 0.1) is 11.1 Å². The third kappa shape index (κ3) is 6.64. The zero-order valence-electron chi connectivity index (χ0n) is 37.8. The first kappa shape index (κ1) is 40.3. The van der Waals surface area contributed by atoms with Crippen LogP contribution in [0.4, 0.5) is 17.1 Å². The van der Waals surface area contributed by atoms with Crippen LogP contribution in [0.1, 0.15) is 22.3 Å². The fourth-order valence-corrected chi connectivity index (χ4v) is 11.1. The number of anilines is 3. The molecule has 0 unspecified atom stereocenters. The van der Waals surface area contributed by atoms with E-state index >= 15 is 0 Å². The van der Waals surface area contributed by atoms with E-state index in [1.54, 1.807) is 0 Å². The Labute approximate surface area is 402 Å². The van der Waals surface area contributed by atoms with Crippen LogP contribution in [0.3, 0.4) is 0 Å². The summed E-state index contributed by atoms with van der Waals surface area (Å²) in [5, 5.41) is 2.25. The topological polar surface area (TPSA) is 16.4 Å². The van der Waals surface area contributed by atoms with E-state index in [0.717, 1.165) is 61.3 Å². The SMILES string of the molecule is c1ccc(-c2ccc(-c3ccc(N(c4ccc(-c5cccc6c5oc5ccccc56)cc4)c4ccccc4-c4cccc5c4-c4ccccc4C5(c4ccccc4)c4ccccc4)cc3)cc2)cc1. The van der Waals surface area contributed by atoms with Gasteiger partial charge in [-0.05, 0) is 103 Å². The molecule has 69 heavy (non-hydrogen) atoms. The van der Waals surface area contributed by atoms with E-state index in [1.807, 2.05) is 12.1 Å². The minimum Gasteiger partial charge on any atom is -0.455 e.